The second-order valence-electron chi connectivity index (χ2n) is 5.29. The van der Waals surface area contributed by atoms with E-state index in [4.69, 9.17) is 14.2 Å². The van der Waals surface area contributed by atoms with Gasteiger partial charge in [-0.3, -0.25) is 10.1 Å². The molecule has 2 rings (SSSR count). The number of benzene rings is 2. The van der Waals surface area contributed by atoms with E-state index < -0.39 is 14.9 Å². The number of nitrogens with one attached hydrogen (secondary N) is 1. The second kappa shape index (κ2) is 9.04. The Morgan fingerprint density at radius 3 is 2.46 bits per heavy atom. The number of hydrogen-bond donors (Lipinski definition) is 1. The molecule has 0 fully saturated rings. The molecule has 0 aliphatic heterocycles. The summed E-state index contributed by atoms with van der Waals surface area (Å²) in [5.41, 5.74) is 0.0681. The minimum atomic E-state index is -4.06. The SMILES string of the molecule is CCOc1ccc(/C=N/NS(=O)(=O)c2cc(OC)ccc2OC)cc1[N+](=O)[O-]. The number of hydrogen-bond acceptors (Lipinski definition) is 8. The lowest BCUT2D eigenvalue weighted by molar-refractivity contribution is -0.385. The predicted octanol–water partition coefficient (Wildman–Crippen LogP) is 2.32. The van der Waals surface area contributed by atoms with Gasteiger partial charge in [-0.15, -0.1) is 0 Å². The Morgan fingerprint density at radius 1 is 1.14 bits per heavy atom. The average molecular weight is 409 g/mol. The summed E-state index contributed by atoms with van der Waals surface area (Å²) < 4.78 is 40.3. The van der Waals surface area contributed by atoms with Crippen molar-refractivity contribution in [3.63, 3.8) is 0 Å². The Labute approximate surface area is 161 Å². The molecule has 28 heavy (non-hydrogen) atoms. The lowest BCUT2D eigenvalue weighted by Gasteiger charge is -2.10. The molecule has 0 amide bonds. The van der Waals surface area contributed by atoms with Crippen molar-refractivity contribution in [2.24, 2.45) is 5.10 Å². The zero-order valence-electron chi connectivity index (χ0n) is 15.4. The van der Waals surface area contributed by atoms with Crippen LogP contribution in [0, 0.1) is 10.1 Å². The molecule has 0 saturated carbocycles. The largest absolute Gasteiger partial charge is 0.497 e. The average Bonchev–Trinajstić information content (AvgIpc) is 2.68. The fraction of sp³-hybridized carbons (Fsp3) is 0.235. The molecule has 150 valence electrons. The van der Waals surface area contributed by atoms with Crippen molar-refractivity contribution in [3.05, 3.63) is 52.1 Å². The van der Waals surface area contributed by atoms with Gasteiger partial charge in [-0.1, -0.05) is 0 Å². The smallest absolute Gasteiger partial charge is 0.311 e. The number of nitrogens with zero attached hydrogens (tertiary/aromatic N) is 2. The maximum atomic E-state index is 12.5. The minimum Gasteiger partial charge on any atom is -0.497 e. The van der Waals surface area contributed by atoms with Crippen LogP contribution in [-0.2, 0) is 10.0 Å². The van der Waals surface area contributed by atoms with Crippen molar-refractivity contribution in [2.75, 3.05) is 20.8 Å². The Hall–Kier alpha value is -3.34. The molecular formula is C17H19N3O7S. The predicted molar refractivity (Wildman–Crippen MR) is 102 cm³/mol. The van der Waals surface area contributed by atoms with Crippen LogP contribution in [0.15, 0.2) is 46.4 Å². The number of ether oxygens (including phenoxy) is 3. The normalized spacial score (nSPS) is 11.2. The van der Waals surface area contributed by atoms with Gasteiger partial charge >= 0.3 is 5.69 Å². The van der Waals surface area contributed by atoms with E-state index in [1.807, 2.05) is 4.83 Å². The summed E-state index contributed by atoms with van der Waals surface area (Å²) in [6, 6.07) is 8.46. The van der Waals surface area contributed by atoms with E-state index in [2.05, 4.69) is 5.10 Å². The highest BCUT2D eigenvalue weighted by Crippen LogP contribution is 2.29. The third kappa shape index (κ3) is 4.88. The van der Waals surface area contributed by atoms with Crippen LogP contribution in [0.3, 0.4) is 0 Å². The van der Waals surface area contributed by atoms with E-state index >= 15 is 0 Å². The summed E-state index contributed by atoms with van der Waals surface area (Å²) in [4.78, 5) is 12.4. The molecule has 0 aromatic heterocycles. The van der Waals surface area contributed by atoms with Gasteiger partial charge in [0, 0.05) is 17.7 Å². The van der Waals surface area contributed by atoms with E-state index in [1.54, 1.807) is 13.0 Å². The van der Waals surface area contributed by atoms with Crippen LogP contribution in [-0.4, -0.2) is 40.4 Å². The van der Waals surface area contributed by atoms with Crippen LogP contribution < -0.4 is 19.0 Å². The van der Waals surface area contributed by atoms with Crippen molar-refractivity contribution in [1.82, 2.24) is 4.83 Å². The van der Waals surface area contributed by atoms with Gasteiger partial charge in [0.05, 0.1) is 32.0 Å². The fourth-order valence-corrected chi connectivity index (χ4v) is 3.23. The Bertz CT molecular complexity index is 990. The first-order valence-corrected chi connectivity index (χ1v) is 9.48. The number of hydrazone groups is 1. The molecule has 0 spiro atoms. The molecule has 0 unspecified atom stereocenters. The van der Waals surface area contributed by atoms with Crippen LogP contribution in [0.25, 0.3) is 0 Å². The monoisotopic (exact) mass is 409 g/mol. The lowest BCUT2D eigenvalue weighted by Crippen LogP contribution is -2.19. The topological polar surface area (TPSA) is 129 Å². The molecule has 10 nitrogen and oxygen atoms in total. The van der Waals surface area contributed by atoms with Gasteiger partial charge < -0.3 is 14.2 Å². The first kappa shape index (κ1) is 21.0. The molecule has 0 saturated heterocycles. The van der Waals surface area contributed by atoms with E-state index in [-0.39, 0.29) is 28.7 Å². The number of nitro benzene ring substituents is 1. The van der Waals surface area contributed by atoms with Crippen LogP contribution in [0.2, 0.25) is 0 Å². The zero-order chi connectivity index (χ0) is 20.7. The van der Waals surface area contributed by atoms with Gasteiger partial charge in [-0.25, -0.2) is 0 Å². The quantitative estimate of drug-likeness (QED) is 0.382. The molecular weight excluding hydrogens is 390 g/mol. The van der Waals surface area contributed by atoms with Gasteiger partial charge in [0.1, 0.15) is 16.4 Å². The molecule has 2 aromatic carbocycles. The third-order valence-corrected chi connectivity index (χ3v) is 4.77. The molecule has 0 bridgehead atoms. The van der Waals surface area contributed by atoms with Crippen LogP contribution >= 0.6 is 0 Å². The highest BCUT2D eigenvalue weighted by Gasteiger charge is 2.20. The number of nitro groups is 1. The van der Waals surface area contributed by atoms with Crippen molar-refractivity contribution in [2.45, 2.75) is 11.8 Å². The Kier molecular flexibility index (Phi) is 6.77. The van der Waals surface area contributed by atoms with Crippen LogP contribution in [0.4, 0.5) is 5.69 Å². The van der Waals surface area contributed by atoms with E-state index in [9.17, 15) is 18.5 Å². The van der Waals surface area contributed by atoms with Crippen molar-refractivity contribution >= 4 is 21.9 Å². The Balaban J connectivity index is 2.27. The summed E-state index contributed by atoms with van der Waals surface area (Å²) >= 11 is 0. The standard InChI is InChI=1S/C17H19N3O7S/c1-4-27-15-7-5-12(9-14(15)20(21)22)11-18-19-28(23,24)17-10-13(25-2)6-8-16(17)26-3/h5-11,19H,4H2,1-3H3/b18-11+. The molecule has 0 aliphatic carbocycles. The molecule has 1 N–H and O–H groups in total. The molecule has 2 aromatic rings. The van der Waals surface area contributed by atoms with Crippen molar-refractivity contribution < 1.29 is 27.6 Å². The number of sulfonamides is 1. The second-order valence-corrected chi connectivity index (χ2v) is 6.92. The number of rotatable bonds is 9. The third-order valence-electron chi connectivity index (χ3n) is 3.53. The van der Waals surface area contributed by atoms with Crippen molar-refractivity contribution in [3.8, 4) is 17.2 Å². The first-order valence-electron chi connectivity index (χ1n) is 8.00. The van der Waals surface area contributed by atoms with Crippen LogP contribution in [0.5, 0.6) is 17.2 Å². The molecule has 0 aliphatic rings. The summed E-state index contributed by atoms with van der Waals surface area (Å²) in [6.45, 7) is 1.98. The summed E-state index contributed by atoms with van der Waals surface area (Å²) in [6.07, 6.45) is 1.15. The minimum absolute atomic E-state index is 0.111. The molecule has 0 heterocycles. The van der Waals surface area contributed by atoms with Gasteiger partial charge in [0.25, 0.3) is 10.0 Å². The Morgan fingerprint density at radius 2 is 1.86 bits per heavy atom. The summed E-state index contributed by atoms with van der Waals surface area (Å²) in [5, 5.41) is 14.8. The van der Waals surface area contributed by atoms with Crippen molar-refractivity contribution in [1.29, 1.82) is 0 Å². The molecule has 0 radical (unpaired) electrons. The zero-order valence-corrected chi connectivity index (χ0v) is 16.2. The highest BCUT2D eigenvalue weighted by molar-refractivity contribution is 7.89. The van der Waals surface area contributed by atoms with Gasteiger partial charge in [0.15, 0.2) is 5.75 Å². The molecule has 11 heteroatoms. The summed E-state index contributed by atoms with van der Waals surface area (Å²) in [7, 11) is -1.32. The first-order chi connectivity index (χ1) is 13.3. The molecule has 0 atom stereocenters. The number of methoxy groups -OCH3 is 2. The lowest BCUT2D eigenvalue weighted by atomic mass is 10.2. The van der Waals surface area contributed by atoms with E-state index in [0.29, 0.717) is 11.3 Å². The maximum Gasteiger partial charge on any atom is 0.311 e. The van der Waals surface area contributed by atoms with Gasteiger partial charge in [-0.05, 0) is 31.2 Å². The summed E-state index contributed by atoms with van der Waals surface area (Å²) in [5.74, 6) is 0.554. The van der Waals surface area contributed by atoms with Crippen LogP contribution in [0.1, 0.15) is 12.5 Å². The van der Waals surface area contributed by atoms with E-state index in [0.717, 1.165) is 6.21 Å². The van der Waals surface area contributed by atoms with Gasteiger partial charge in [-0.2, -0.15) is 18.4 Å². The highest BCUT2D eigenvalue weighted by atomic mass is 32.2. The maximum absolute atomic E-state index is 12.5. The van der Waals surface area contributed by atoms with E-state index in [1.165, 1.54) is 44.6 Å². The van der Waals surface area contributed by atoms with Gasteiger partial charge in [0.2, 0.25) is 0 Å². The fourth-order valence-electron chi connectivity index (χ4n) is 2.25.